The van der Waals surface area contributed by atoms with Crippen LogP contribution in [0.2, 0.25) is 0 Å². The van der Waals surface area contributed by atoms with Gasteiger partial charge in [0.25, 0.3) is 0 Å². The smallest absolute Gasteiger partial charge is 0.246 e. The van der Waals surface area contributed by atoms with Gasteiger partial charge in [-0.15, -0.1) is 0 Å². The lowest BCUT2D eigenvalue weighted by atomic mass is 9.82. The number of carbonyl (C=O) groups is 2. The Kier molecular flexibility index (Phi) is 4.36. The molecule has 2 rings (SSSR count). The van der Waals surface area contributed by atoms with Gasteiger partial charge in [-0.25, -0.2) is 0 Å². The van der Waals surface area contributed by atoms with E-state index in [-0.39, 0.29) is 35.2 Å². The molecule has 0 aromatic carbocycles. The molecule has 4 heteroatoms. The van der Waals surface area contributed by atoms with E-state index in [9.17, 15) is 9.59 Å². The summed E-state index contributed by atoms with van der Waals surface area (Å²) in [5.41, 5.74) is -0.248. The lowest BCUT2D eigenvalue weighted by Crippen LogP contribution is -2.68. The Hall–Kier alpha value is -1.06. The van der Waals surface area contributed by atoms with Crippen LogP contribution in [-0.4, -0.2) is 34.8 Å². The number of hydrogen-bond donors (Lipinski definition) is 1. The van der Waals surface area contributed by atoms with Crippen LogP contribution in [-0.2, 0) is 9.59 Å². The number of nitrogens with zero attached hydrogens (tertiary/aromatic N) is 1. The molecule has 1 saturated heterocycles. The molecule has 0 spiro atoms. The maximum atomic E-state index is 13.0. The number of amides is 2. The molecule has 1 heterocycles. The van der Waals surface area contributed by atoms with Gasteiger partial charge in [-0.3, -0.25) is 9.59 Å². The Morgan fingerprint density at radius 3 is 2.38 bits per heavy atom. The van der Waals surface area contributed by atoms with Crippen molar-refractivity contribution in [2.45, 2.75) is 78.9 Å². The molecule has 1 aliphatic heterocycles. The summed E-state index contributed by atoms with van der Waals surface area (Å²) in [7, 11) is 0. The molecular weight excluding hydrogens is 264 g/mol. The SMILES string of the molecule is CCCC1CC1N1C(=O)C(C(C)(C)C)NC(=O)C1C(C)C. The third-order valence-electron chi connectivity index (χ3n) is 4.76. The summed E-state index contributed by atoms with van der Waals surface area (Å²) in [6.45, 7) is 12.3. The summed E-state index contributed by atoms with van der Waals surface area (Å²) in [5, 5.41) is 2.97. The number of hydrogen-bond acceptors (Lipinski definition) is 2. The molecule has 0 aromatic heterocycles. The number of nitrogens with one attached hydrogen (secondary N) is 1. The molecule has 21 heavy (non-hydrogen) atoms. The van der Waals surface area contributed by atoms with Crippen molar-refractivity contribution >= 4 is 11.8 Å². The van der Waals surface area contributed by atoms with Gasteiger partial charge in [-0.05, 0) is 30.1 Å². The molecular formula is C17H30N2O2. The normalized spacial score (nSPS) is 33.4. The third-order valence-corrected chi connectivity index (χ3v) is 4.76. The van der Waals surface area contributed by atoms with Gasteiger partial charge in [0.1, 0.15) is 12.1 Å². The minimum absolute atomic E-state index is 0.0201. The third kappa shape index (κ3) is 3.09. The average Bonchev–Trinajstić information content (AvgIpc) is 3.08. The molecule has 120 valence electrons. The lowest BCUT2D eigenvalue weighted by molar-refractivity contribution is -0.155. The van der Waals surface area contributed by atoms with Gasteiger partial charge >= 0.3 is 0 Å². The molecule has 4 unspecified atom stereocenters. The van der Waals surface area contributed by atoms with Gasteiger partial charge in [-0.2, -0.15) is 0 Å². The summed E-state index contributed by atoms with van der Waals surface area (Å²) in [6, 6.07) is -0.424. The van der Waals surface area contributed by atoms with E-state index in [1.807, 2.05) is 39.5 Å². The molecule has 1 N–H and O–H groups in total. The van der Waals surface area contributed by atoms with Crippen LogP contribution < -0.4 is 5.32 Å². The van der Waals surface area contributed by atoms with Crippen molar-refractivity contribution in [1.82, 2.24) is 10.2 Å². The molecule has 0 radical (unpaired) electrons. The minimum atomic E-state index is -0.400. The van der Waals surface area contributed by atoms with Gasteiger partial charge in [0.05, 0.1) is 0 Å². The van der Waals surface area contributed by atoms with Crippen LogP contribution in [0.5, 0.6) is 0 Å². The van der Waals surface area contributed by atoms with Gasteiger partial charge in [-0.1, -0.05) is 48.0 Å². The molecule has 4 atom stereocenters. The zero-order valence-electron chi connectivity index (χ0n) is 14.3. The minimum Gasteiger partial charge on any atom is -0.342 e. The summed E-state index contributed by atoms with van der Waals surface area (Å²) >= 11 is 0. The van der Waals surface area contributed by atoms with E-state index in [0.717, 1.165) is 19.3 Å². The summed E-state index contributed by atoms with van der Waals surface area (Å²) in [6.07, 6.45) is 3.36. The molecule has 2 aliphatic rings. The van der Waals surface area contributed by atoms with E-state index in [1.54, 1.807) is 0 Å². The summed E-state index contributed by atoms with van der Waals surface area (Å²) in [5.74, 6) is 0.875. The first-order valence-corrected chi connectivity index (χ1v) is 8.31. The van der Waals surface area contributed by atoms with Crippen LogP contribution in [0.1, 0.15) is 60.8 Å². The van der Waals surface area contributed by atoms with Crippen LogP contribution in [0, 0.1) is 17.3 Å². The Morgan fingerprint density at radius 2 is 1.90 bits per heavy atom. The number of piperazine rings is 1. The standard InChI is InChI=1S/C17H30N2O2/c1-7-8-11-9-12(11)19-13(10(2)3)15(20)18-14(16(19)21)17(4,5)6/h10-14H,7-9H2,1-6H3,(H,18,20). The Labute approximate surface area is 128 Å². The molecule has 0 aromatic rings. The monoisotopic (exact) mass is 294 g/mol. The molecule has 4 nitrogen and oxygen atoms in total. The van der Waals surface area contributed by atoms with E-state index in [4.69, 9.17) is 0 Å². The second kappa shape index (κ2) is 5.62. The number of rotatable bonds is 4. The van der Waals surface area contributed by atoms with Crippen LogP contribution in [0.25, 0.3) is 0 Å². The molecule has 0 bridgehead atoms. The van der Waals surface area contributed by atoms with Crippen LogP contribution in [0.4, 0.5) is 0 Å². The first-order chi connectivity index (χ1) is 9.68. The molecule has 1 aliphatic carbocycles. The highest BCUT2D eigenvalue weighted by molar-refractivity contribution is 5.98. The zero-order valence-corrected chi connectivity index (χ0v) is 14.3. The first kappa shape index (κ1) is 16.3. The van der Waals surface area contributed by atoms with Gasteiger partial charge in [0.15, 0.2) is 0 Å². The highest BCUT2D eigenvalue weighted by Gasteiger charge is 2.54. The second-order valence-electron chi connectivity index (χ2n) is 8.09. The van der Waals surface area contributed by atoms with Gasteiger partial charge in [0.2, 0.25) is 11.8 Å². The van der Waals surface area contributed by atoms with Crippen LogP contribution in [0.3, 0.4) is 0 Å². The van der Waals surface area contributed by atoms with Crippen molar-refractivity contribution in [2.75, 3.05) is 0 Å². The van der Waals surface area contributed by atoms with E-state index >= 15 is 0 Å². The van der Waals surface area contributed by atoms with Gasteiger partial charge < -0.3 is 10.2 Å². The fraction of sp³-hybridized carbons (Fsp3) is 0.882. The topological polar surface area (TPSA) is 49.4 Å². The second-order valence-corrected chi connectivity index (χ2v) is 8.09. The van der Waals surface area contributed by atoms with Crippen molar-refractivity contribution in [1.29, 1.82) is 0 Å². The quantitative estimate of drug-likeness (QED) is 0.866. The van der Waals surface area contributed by atoms with Gasteiger partial charge in [0, 0.05) is 6.04 Å². The largest absolute Gasteiger partial charge is 0.342 e. The maximum absolute atomic E-state index is 13.0. The van der Waals surface area contributed by atoms with E-state index < -0.39 is 6.04 Å². The van der Waals surface area contributed by atoms with E-state index in [2.05, 4.69) is 12.2 Å². The van der Waals surface area contributed by atoms with Crippen molar-refractivity contribution in [2.24, 2.45) is 17.3 Å². The highest BCUT2D eigenvalue weighted by atomic mass is 16.2. The Balaban J connectivity index is 2.26. The molecule has 1 saturated carbocycles. The predicted molar refractivity (Wildman–Crippen MR) is 83.7 cm³/mol. The summed E-state index contributed by atoms with van der Waals surface area (Å²) in [4.78, 5) is 27.4. The summed E-state index contributed by atoms with van der Waals surface area (Å²) < 4.78 is 0. The van der Waals surface area contributed by atoms with Crippen molar-refractivity contribution in [3.05, 3.63) is 0 Å². The first-order valence-electron chi connectivity index (χ1n) is 8.31. The van der Waals surface area contributed by atoms with Crippen molar-refractivity contribution < 1.29 is 9.59 Å². The number of carbonyl (C=O) groups excluding carboxylic acids is 2. The van der Waals surface area contributed by atoms with E-state index in [0.29, 0.717) is 5.92 Å². The average molecular weight is 294 g/mol. The fourth-order valence-corrected chi connectivity index (χ4v) is 3.54. The maximum Gasteiger partial charge on any atom is 0.246 e. The van der Waals surface area contributed by atoms with Crippen LogP contribution >= 0.6 is 0 Å². The lowest BCUT2D eigenvalue weighted by Gasteiger charge is -2.45. The Morgan fingerprint density at radius 1 is 1.29 bits per heavy atom. The van der Waals surface area contributed by atoms with Crippen LogP contribution in [0.15, 0.2) is 0 Å². The van der Waals surface area contributed by atoms with E-state index in [1.165, 1.54) is 0 Å². The molecule has 2 amide bonds. The van der Waals surface area contributed by atoms with Crippen molar-refractivity contribution in [3.63, 3.8) is 0 Å². The predicted octanol–water partition coefficient (Wildman–Crippen LogP) is 2.57. The Bertz CT molecular complexity index is 425. The zero-order chi connectivity index (χ0) is 15.9. The fourth-order valence-electron chi connectivity index (χ4n) is 3.54. The highest BCUT2D eigenvalue weighted by Crippen LogP contribution is 2.43. The van der Waals surface area contributed by atoms with Crippen molar-refractivity contribution in [3.8, 4) is 0 Å². The molecule has 2 fully saturated rings.